The van der Waals surface area contributed by atoms with Gasteiger partial charge in [0.15, 0.2) is 0 Å². The average Bonchev–Trinajstić information content (AvgIpc) is 3.06. The maximum absolute atomic E-state index is 12.6. The first-order valence-electron chi connectivity index (χ1n) is 10.1. The molecule has 0 aromatic heterocycles. The standard InChI is InChI=1S/C24H23N3O3S2/c1-17-12-14-19(15-13-17)22(29)26-25-21(28)11-6-16-27-23(30)20(32-24(27)31)10-5-9-18-7-3-2-4-8-18/h2-5,7-10,12-15H,6,11,16H2,1H3,(H,25,28)(H,26,29). The van der Waals surface area contributed by atoms with Crippen LogP contribution in [0.15, 0.2) is 71.7 Å². The number of nitrogens with one attached hydrogen (secondary N) is 2. The molecule has 8 heteroatoms. The van der Waals surface area contributed by atoms with Crippen molar-refractivity contribution in [2.75, 3.05) is 6.54 Å². The SMILES string of the molecule is Cc1ccc(C(=O)NNC(=O)CCCN2C(=O)C(=CC=Cc3ccccc3)SC2=S)cc1. The van der Waals surface area contributed by atoms with Crippen LogP contribution in [0.5, 0.6) is 0 Å². The molecule has 0 radical (unpaired) electrons. The number of carbonyl (C=O) groups excluding carboxylic acids is 3. The van der Waals surface area contributed by atoms with Crippen molar-refractivity contribution in [3.05, 3.63) is 88.3 Å². The van der Waals surface area contributed by atoms with Crippen LogP contribution in [0.4, 0.5) is 0 Å². The number of hydrogen-bond donors (Lipinski definition) is 2. The zero-order chi connectivity index (χ0) is 22.9. The molecule has 3 amide bonds. The number of aryl methyl sites for hydroxylation is 1. The zero-order valence-corrected chi connectivity index (χ0v) is 19.2. The number of benzene rings is 2. The van der Waals surface area contributed by atoms with Crippen molar-refractivity contribution in [3.63, 3.8) is 0 Å². The third-order valence-electron chi connectivity index (χ3n) is 4.62. The molecule has 0 spiro atoms. The van der Waals surface area contributed by atoms with E-state index < -0.39 is 0 Å². The molecule has 3 rings (SSSR count). The molecule has 2 aromatic carbocycles. The minimum atomic E-state index is -0.385. The summed E-state index contributed by atoms with van der Waals surface area (Å²) in [5, 5.41) is 0. The van der Waals surface area contributed by atoms with E-state index in [1.54, 1.807) is 18.2 Å². The third kappa shape index (κ3) is 6.63. The van der Waals surface area contributed by atoms with Gasteiger partial charge in [-0.2, -0.15) is 0 Å². The first-order chi connectivity index (χ1) is 15.4. The molecule has 32 heavy (non-hydrogen) atoms. The highest BCUT2D eigenvalue weighted by atomic mass is 32.2. The quantitative estimate of drug-likeness (QED) is 0.367. The Balaban J connectivity index is 1.42. The summed E-state index contributed by atoms with van der Waals surface area (Å²) in [5.41, 5.74) is 7.33. The van der Waals surface area contributed by atoms with E-state index in [9.17, 15) is 14.4 Å². The number of rotatable bonds is 7. The van der Waals surface area contributed by atoms with E-state index in [1.165, 1.54) is 16.7 Å². The summed E-state index contributed by atoms with van der Waals surface area (Å²) < 4.78 is 0.474. The second-order valence-electron chi connectivity index (χ2n) is 7.10. The van der Waals surface area contributed by atoms with Crippen LogP contribution in [-0.2, 0) is 9.59 Å². The normalized spacial score (nSPS) is 14.9. The van der Waals surface area contributed by atoms with E-state index in [0.29, 0.717) is 27.8 Å². The first-order valence-corrected chi connectivity index (χ1v) is 11.3. The Hall–Kier alpha value is -3.23. The van der Waals surface area contributed by atoms with Crippen LogP contribution in [0.2, 0.25) is 0 Å². The van der Waals surface area contributed by atoms with Gasteiger partial charge in [-0.25, -0.2) is 0 Å². The fraction of sp³-hybridized carbons (Fsp3) is 0.167. The second kappa shape index (κ2) is 11.4. The maximum atomic E-state index is 12.6. The van der Waals surface area contributed by atoms with Crippen LogP contribution in [0.25, 0.3) is 6.08 Å². The molecule has 0 saturated carbocycles. The highest BCUT2D eigenvalue weighted by Gasteiger charge is 2.31. The molecule has 1 fully saturated rings. The molecule has 6 nitrogen and oxygen atoms in total. The van der Waals surface area contributed by atoms with Gasteiger partial charge in [0.05, 0.1) is 4.91 Å². The molecule has 164 valence electrons. The fourth-order valence-corrected chi connectivity index (χ4v) is 4.14. The summed E-state index contributed by atoms with van der Waals surface area (Å²) in [5.74, 6) is -0.882. The van der Waals surface area contributed by atoms with Gasteiger partial charge in [0.2, 0.25) is 5.91 Å². The first kappa shape index (κ1) is 23.4. The summed E-state index contributed by atoms with van der Waals surface area (Å²) >= 11 is 6.56. The average molecular weight is 466 g/mol. The molecule has 2 aromatic rings. The molecule has 1 heterocycles. The molecule has 1 saturated heterocycles. The summed E-state index contributed by atoms with van der Waals surface area (Å²) in [7, 11) is 0. The van der Waals surface area contributed by atoms with Gasteiger partial charge in [-0.1, -0.05) is 84.2 Å². The lowest BCUT2D eigenvalue weighted by Gasteiger charge is -2.14. The highest BCUT2D eigenvalue weighted by molar-refractivity contribution is 8.26. The van der Waals surface area contributed by atoms with Crippen molar-refractivity contribution in [1.82, 2.24) is 15.8 Å². The summed E-state index contributed by atoms with van der Waals surface area (Å²) in [6.45, 7) is 2.27. The van der Waals surface area contributed by atoms with Crippen molar-refractivity contribution < 1.29 is 14.4 Å². The van der Waals surface area contributed by atoms with Gasteiger partial charge in [-0.15, -0.1) is 0 Å². The largest absolute Gasteiger partial charge is 0.293 e. The van der Waals surface area contributed by atoms with Gasteiger partial charge in [0, 0.05) is 18.5 Å². The van der Waals surface area contributed by atoms with Crippen molar-refractivity contribution in [1.29, 1.82) is 0 Å². The van der Waals surface area contributed by atoms with Crippen molar-refractivity contribution in [3.8, 4) is 0 Å². The fourth-order valence-electron chi connectivity index (χ4n) is 2.88. The maximum Gasteiger partial charge on any atom is 0.269 e. The molecule has 0 atom stereocenters. The van der Waals surface area contributed by atoms with E-state index >= 15 is 0 Å². The van der Waals surface area contributed by atoms with Gasteiger partial charge < -0.3 is 0 Å². The van der Waals surface area contributed by atoms with Crippen LogP contribution < -0.4 is 10.9 Å². The van der Waals surface area contributed by atoms with Crippen molar-refractivity contribution in [2.24, 2.45) is 0 Å². The summed E-state index contributed by atoms with van der Waals surface area (Å²) in [6, 6.07) is 16.8. The van der Waals surface area contributed by atoms with Crippen molar-refractivity contribution >= 4 is 52.1 Å². The van der Waals surface area contributed by atoms with E-state index in [4.69, 9.17) is 12.2 Å². The summed E-state index contributed by atoms with van der Waals surface area (Å²) in [6.07, 6.45) is 6.07. The molecule has 0 bridgehead atoms. The second-order valence-corrected chi connectivity index (χ2v) is 8.77. The minimum absolute atomic E-state index is 0.151. The Kier molecular flexibility index (Phi) is 8.35. The number of hydrogen-bond acceptors (Lipinski definition) is 5. The number of thiocarbonyl (C=S) groups is 1. The smallest absolute Gasteiger partial charge is 0.269 e. The van der Waals surface area contributed by atoms with Gasteiger partial charge in [0.1, 0.15) is 4.32 Å². The monoisotopic (exact) mass is 465 g/mol. The van der Waals surface area contributed by atoms with E-state index in [1.807, 2.05) is 61.5 Å². The van der Waals surface area contributed by atoms with Crippen LogP contribution in [0, 0.1) is 6.92 Å². The summed E-state index contributed by atoms with van der Waals surface area (Å²) in [4.78, 5) is 38.7. The molecule has 0 aliphatic carbocycles. The highest BCUT2D eigenvalue weighted by Crippen LogP contribution is 2.31. The Bertz CT molecular complexity index is 1060. The number of amides is 3. The van der Waals surface area contributed by atoms with E-state index in [0.717, 1.165) is 11.1 Å². The Morgan fingerprint density at radius 2 is 1.78 bits per heavy atom. The molecular weight excluding hydrogens is 442 g/mol. The number of carbonyl (C=O) groups is 3. The topological polar surface area (TPSA) is 78.5 Å². The lowest BCUT2D eigenvalue weighted by atomic mass is 10.1. The molecular formula is C24H23N3O3S2. The predicted octanol–water partition coefficient (Wildman–Crippen LogP) is 3.99. The lowest BCUT2D eigenvalue weighted by molar-refractivity contribution is -0.124. The Labute approximate surface area is 196 Å². The van der Waals surface area contributed by atoms with Crippen LogP contribution in [-0.4, -0.2) is 33.5 Å². The lowest BCUT2D eigenvalue weighted by Crippen LogP contribution is -2.41. The van der Waals surface area contributed by atoms with E-state index in [2.05, 4.69) is 10.9 Å². The Morgan fingerprint density at radius 1 is 1.06 bits per heavy atom. The van der Waals surface area contributed by atoms with Gasteiger partial charge in [-0.05, 0) is 37.1 Å². The number of thioether (sulfide) groups is 1. The van der Waals surface area contributed by atoms with Crippen LogP contribution in [0.1, 0.15) is 34.3 Å². The van der Waals surface area contributed by atoms with Gasteiger partial charge >= 0.3 is 0 Å². The van der Waals surface area contributed by atoms with Gasteiger partial charge in [0.25, 0.3) is 11.8 Å². The molecule has 1 aliphatic heterocycles. The van der Waals surface area contributed by atoms with Gasteiger partial charge in [-0.3, -0.25) is 30.1 Å². The molecule has 1 aliphatic rings. The third-order valence-corrected chi connectivity index (χ3v) is 6.02. The minimum Gasteiger partial charge on any atom is -0.293 e. The number of nitrogens with zero attached hydrogens (tertiary/aromatic N) is 1. The molecule has 0 unspecified atom stereocenters. The molecule has 2 N–H and O–H groups in total. The predicted molar refractivity (Wildman–Crippen MR) is 131 cm³/mol. The van der Waals surface area contributed by atoms with Crippen LogP contribution in [0.3, 0.4) is 0 Å². The Morgan fingerprint density at radius 3 is 2.50 bits per heavy atom. The zero-order valence-electron chi connectivity index (χ0n) is 17.5. The number of allylic oxidation sites excluding steroid dienone is 2. The van der Waals surface area contributed by atoms with Crippen LogP contribution >= 0.6 is 24.0 Å². The number of hydrazine groups is 1. The van der Waals surface area contributed by atoms with E-state index in [-0.39, 0.29) is 24.1 Å². The van der Waals surface area contributed by atoms with Crippen molar-refractivity contribution in [2.45, 2.75) is 19.8 Å².